The second-order valence-corrected chi connectivity index (χ2v) is 3.47. The third-order valence-electron chi connectivity index (χ3n) is 1.41. The second-order valence-electron chi connectivity index (χ2n) is 2.18. The topological polar surface area (TPSA) is 39.2 Å². The second kappa shape index (κ2) is 7.88. The van der Waals surface area contributed by atoms with Gasteiger partial charge in [-0.25, -0.2) is 0 Å². The van der Waals surface area contributed by atoms with Crippen molar-refractivity contribution in [1.29, 1.82) is 0 Å². The number of rotatable bonds is 0. The van der Waals surface area contributed by atoms with Gasteiger partial charge in [0.05, 0.1) is 0 Å². The fourth-order valence-electron chi connectivity index (χ4n) is 0.902. The summed E-state index contributed by atoms with van der Waals surface area (Å²) < 4.78 is 5.34. The van der Waals surface area contributed by atoms with Crippen LogP contribution in [0.4, 0.5) is 0 Å². The molecule has 0 saturated carbocycles. The van der Waals surface area contributed by atoms with Crippen molar-refractivity contribution < 1.29 is 61.6 Å². The maximum absolute atomic E-state index is 5.34. The first kappa shape index (κ1) is 13.4. The molecule has 0 radical (unpaired) electrons. The predicted molar refractivity (Wildman–Crippen MR) is 35.5 cm³/mol. The Labute approximate surface area is 102 Å². The fourth-order valence-corrected chi connectivity index (χ4v) is 1.55. The Morgan fingerprint density at radius 3 is 2.22 bits per heavy atom. The van der Waals surface area contributed by atoms with Gasteiger partial charge in [-0.05, 0) is 19.3 Å². The van der Waals surface area contributed by atoms with Crippen LogP contribution in [0.15, 0.2) is 0 Å². The molecule has 1 aliphatic rings. The van der Waals surface area contributed by atoms with Gasteiger partial charge in [-0.15, -0.1) is 0 Å². The van der Waals surface area contributed by atoms with E-state index in [1.54, 1.807) is 0 Å². The van der Waals surface area contributed by atoms with Gasteiger partial charge in [0.15, 0.2) is 0 Å². The van der Waals surface area contributed by atoms with Gasteiger partial charge in [0, 0.05) is 22.6 Å². The van der Waals surface area contributed by atoms with Crippen LogP contribution in [0.25, 0.3) is 0 Å². The molecule has 0 amide bonds. The maximum atomic E-state index is 5.34. The standard InChI is InChI=1S/C5H12OSi.K.H2O/c7-5-3-1-2-4-6-5;;/h5H,1-4H2,7H3;;1H2/q;+1;/p-1. The van der Waals surface area contributed by atoms with Gasteiger partial charge in [0.2, 0.25) is 0 Å². The van der Waals surface area contributed by atoms with Crippen molar-refractivity contribution >= 4 is 10.2 Å². The smallest absolute Gasteiger partial charge is 0.870 e. The molecule has 1 rings (SSSR count). The van der Waals surface area contributed by atoms with Gasteiger partial charge in [0.1, 0.15) is 0 Å². The molecule has 0 bridgehead atoms. The normalized spacial score (nSPS) is 26.0. The maximum Gasteiger partial charge on any atom is 1.00 e. The molecule has 9 heavy (non-hydrogen) atoms. The Balaban J connectivity index is 0. The summed E-state index contributed by atoms with van der Waals surface area (Å²) in [5, 5.41) is 0. The van der Waals surface area contributed by atoms with Crippen molar-refractivity contribution in [1.82, 2.24) is 0 Å². The van der Waals surface area contributed by atoms with E-state index < -0.39 is 0 Å². The van der Waals surface area contributed by atoms with E-state index in [4.69, 9.17) is 4.74 Å². The van der Waals surface area contributed by atoms with E-state index >= 15 is 0 Å². The van der Waals surface area contributed by atoms with E-state index in [-0.39, 0.29) is 56.9 Å². The van der Waals surface area contributed by atoms with E-state index in [1.165, 1.54) is 29.5 Å². The van der Waals surface area contributed by atoms with Crippen LogP contribution in [0, 0.1) is 0 Å². The molecule has 1 N–H and O–H groups in total. The van der Waals surface area contributed by atoms with Crippen LogP contribution in [0.5, 0.6) is 0 Å². The Morgan fingerprint density at radius 1 is 1.33 bits per heavy atom. The molecule has 4 heteroatoms. The summed E-state index contributed by atoms with van der Waals surface area (Å²) >= 11 is 0. The number of hydrogen-bond donors (Lipinski definition) is 0. The molecule has 1 heterocycles. The van der Waals surface area contributed by atoms with Gasteiger partial charge in [-0.1, -0.05) is 0 Å². The van der Waals surface area contributed by atoms with Crippen LogP contribution in [0.2, 0.25) is 0 Å². The van der Waals surface area contributed by atoms with Gasteiger partial charge >= 0.3 is 51.4 Å². The van der Waals surface area contributed by atoms with E-state index in [1.807, 2.05) is 0 Å². The molecular weight excluding hydrogens is 159 g/mol. The van der Waals surface area contributed by atoms with Crippen molar-refractivity contribution in [3.8, 4) is 0 Å². The van der Waals surface area contributed by atoms with E-state index in [9.17, 15) is 0 Å². The van der Waals surface area contributed by atoms with Crippen LogP contribution in [0.3, 0.4) is 0 Å². The van der Waals surface area contributed by atoms with Crippen LogP contribution >= 0.6 is 0 Å². The van der Waals surface area contributed by atoms with Crippen LogP contribution in [-0.2, 0) is 4.74 Å². The van der Waals surface area contributed by atoms with Crippen molar-refractivity contribution in [2.45, 2.75) is 25.0 Å². The average molecular weight is 172 g/mol. The minimum atomic E-state index is 0. The van der Waals surface area contributed by atoms with Gasteiger partial charge < -0.3 is 10.2 Å². The summed E-state index contributed by atoms with van der Waals surface area (Å²) in [5.41, 5.74) is 0.675. The Kier molecular flexibility index (Phi) is 11.7. The minimum absolute atomic E-state index is 0. The molecule has 0 aromatic carbocycles. The largest absolute Gasteiger partial charge is 1.00 e. The van der Waals surface area contributed by atoms with Gasteiger partial charge in [-0.2, -0.15) is 0 Å². The molecule has 2 nitrogen and oxygen atoms in total. The first-order valence-electron chi connectivity index (χ1n) is 3.01. The Hall–Kier alpha value is 1.77. The summed E-state index contributed by atoms with van der Waals surface area (Å²) in [6, 6.07) is 0. The Bertz CT molecular complexity index is 56.9. The SMILES string of the molecule is [K+].[OH-].[SiH3]C1CCCCO1. The van der Waals surface area contributed by atoms with Gasteiger partial charge in [-0.3, -0.25) is 0 Å². The van der Waals surface area contributed by atoms with Crippen molar-refractivity contribution in [2.24, 2.45) is 0 Å². The minimum Gasteiger partial charge on any atom is -0.870 e. The van der Waals surface area contributed by atoms with E-state index in [0.29, 0.717) is 5.73 Å². The molecular formula is C5H13KO2Si. The summed E-state index contributed by atoms with van der Waals surface area (Å²) in [4.78, 5) is 0. The zero-order valence-electron chi connectivity index (χ0n) is 6.26. The third-order valence-corrected chi connectivity index (χ3v) is 2.32. The molecule has 1 unspecified atom stereocenters. The van der Waals surface area contributed by atoms with Gasteiger partial charge in [0.25, 0.3) is 0 Å². The molecule has 1 atom stereocenters. The molecule has 0 spiro atoms. The van der Waals surface area contributed by atoms with Crippen molar-refractivity contribution in [3.63, 3.8) is 0 Å². The van der Waals surface area contributed by atoms with E-state index in [0.717, 1.165) is 6.61 Å². The van der Waals surface area contributed by atoms with Crippen LogP contribution in [0.1, 0.15) is 19.3 Å². The summed E-state index contributed by atoms with van der Waals surface area (Å²) in [6.07, 6.45) is 4.01. The number of ether oxygens (including phenoxy) is 1. The van der Waals surface area contributed by atoms with Crippen molar-refractivity contribution in [3.05, 3.63) is 0 Å². The molecule has 0 aromatic rings. The quantitative estimate of drug-likeness (QED) is 0.359. The third kappa shape index (κ3) is 6.18. The van der Waals surface area contributed by atoms with Crippen LogP contribution in [-0.4, -0.2) is 28.1 Å². The summed E-state index contributed by atoms with van der Waals surface area (Å²) in [5.74, 6) is 0. The molecule has 1 fully saturated rings. The molecule has 50 valence electrons. The molecule has 1 aliphatic heterocycles. The summed E-state index contributed by atoms with van der Waals surface area (Å²) in [6.45, 7) is 1.02. The molecule has 1 saturated heterocycles. The van der Waals surface area contributed by atoms with E-state index in [2.05, 4.69) is 0 Å². The van der Waals surface area contributed by atoms with Crippen LogP contribution < -0.4 is 51.4 Å². The zero-order valence-corrected chi connectivity index (χ0v) is 11.4. The Morgan fingerprint density at radius 2 is 2.00 bits per heavy atom. The fraction of sp³-hybridized carbons (Fsp3) is 1.00. The first-order valence-corrected chi connectivity index (χ1v) is 4.16. The predicted octanol–water partition coefficient (Wildman–Crippen LogP) is -3.29. The molecule has 0 aromatic heterocycles. The molecule has 0 aliphatic carbocycles. The number of hydrogen-bond acceptors (Lipinski definition) is 2. The monoisotopic (exact) mass is 172 g/mol. The average Bonchev–Trinajstić information content (AvgIpc) is 1.69. The summed E-state index contributed by atoms with van der Waals surface area (Å²) in [7, 11) is 1.23. The first-order chi connectivity index (χ1) is 3.39. The van der Waals surface area contributed by atoms with Crippen molar-refractivity contribution in [2.75, 3.05) is 6.61 Å². The zero-order chi connectivity index (χ0) is 5.11.